The van der Waals surface area contributed by atoms with Gasteiger partial charge in [0, 0.05) is 31.6 Å². The highest BCUT2D eigenvalue weighted by Gasteiger charge is 2.24. The monoisotopic (exact) mass is 394 g/mol. The Hall–Kier alpha value is -2.81. The largest absolute Gasteiger partial charge is 0.352 e. The fourth-order valence-corrected chi connectivity index (χ4v) is 4.43. The molecule has 5 rings (SSSR count). The topological polar surface area (TPSA) is 75.3 Å². The van der Waals surface area contributed by atoms with Crippen molar-refractivity contribution in [2.45, 2.75) is 26.2 Å². The Morgan fingerprint density at radius 2 is 1.71 bits per heavy atom. The first-order valence-corrected chi connectivity index (χ1v) is 10.3. The molecule has 9 heteroatoms. The molecule has 0 aromatic carbocycles. The van der Waals surface area contributed by atoms with Gasteiger partial charge in [-0.05, 0) is 23.6 Å². The van der Waals surface area contributed by atoms with Crippen molar-refractivity contribution in [2.24, 2.45) is 0 Å². The molecular formula is C19H22N8S. The number of anilines is 2. The summed E-state index contributed by atoms with van der Waals surface area (Å²) in [6, 6.07) is 6.08. The van der Waals surface area contributed by atoms with Gasteiger partial charge in [-0.25, -0.2) is 9.97 Å². The molecule has 144 valence electrons. The fourth-order valence-electron chi connectivity index (χ4n) is 3.56. The number of rotatable bonds is 2. The zero-order valence-corrected chi connectivity index (χ0v) is 17.0. The van der Waals surface area contributed by atoms with Crippen LogP contribution in [0, 0.1) is 0 Å². The van der Waals surface area contributed by atoms with Crippen LogP contribution in [0.2, 0.25) is 0 Å². The van der Waals surface area contributed by atoms with E-state index < -0.39 is 0 Å². The van der Waals surface area contributed by atoms with E-state index in [1.54, 1.807) is 17.7 Å². The van der Waals surface area contributed by atoms with E-state index in [1.165, 1.54) is 0 Å². The van der Waals surface area contributed by atoms with Gasteiger partial charge in [0.2, 0.25) is 0 Å². The van der Waals surface area contributed by atoms with Crippen molar-refractivity contribution < 1.29 is 0 Å². The second-order valence-corrected chi connectivity index (χ2v) is 8.96. The number of aromatic nitrogens is 6. The highest BCUT2D eigenvalue weighted by atomic mass is 32.1. The molecule has 28 heavy (non-hydrogen) atoms. The van der Waals surface area contributed by atoms with Crippen molar-refractivity contribution in [1.82, 2.24) is 29.8 Å². The van der Waals surface area contributed by atoms with Crippen LogP contribution < -0.4 is 9.80 Å². The lowest BCUT2D eigenvalue weighted by molar-refractivity contribution is 0.525. The molecule has 8 nitrogen and oxygen atoms in total. The van der Waals surface area contributed by atoms with Crippen molar-refractivity contribution in [1.29, 1.82) is 0 Å². The van der Waals surface area contributed by atoms with Gasteiger partial charge in [0.25, 0.3) is 0 Å². The number of thiophene rings is 1. The van der Waals surface area contributed by atoms with Gasteiger partial charge in [-0.1, -0.05) is 20.8 Å². The third-order valence-electron chi connectivity index (χ3n) is 5.05. The van der Waals surface area contributed by atoms with Gasteiger partial charge in [-0.2, -0.15) is 4.52 Å². The van der Waals surface area contributed by atoms with Gasteiger partial charge in [-0.15, -0.1) is 26.6 Å². The van der Waals surface area contributed by atoms with Crippen LogP contribution >= 0.6 is 11.3 Å². The number of fused-ring (bicyclic) bond motifs is 2. The zero-order valence-electron chi connectivity index (χ0n) is 16.2. The van der Waals surface area contributed by atoms with Crippen molar-refractivity contribution in [3.8, 4) is 0 Å². The Kier molecular flexibility index (Phi) is 3.94. The zero-order chi connectivity index (χ0) is 19.3. The number of hydrogen-bond donors (Lipinski definition) is 0. The first-order chi connectivity index (χ1) is 13.5. The predicted molar refractivity (Wildman–Crippen MR) is 111 cm³/mol. The third kappa shape index (κ3) is 2.86. The third-order valence-corrected chi connectivity index (χ3v) is 5.95. The minimum Gasteiger partial charge on any atom is -0.352 e. The number of nitrogens with zero attached hydrogens (tertiary/aromatic N) is 8. The summed E-state index contributed by atoms with van der Waals surface area (Å²) in [5.41, 5.74) is 1.70. The smallest absolute Gasteiger partial charge is 0.178 e. The molecule has 0 aliphatic carbocycles. The van der Waals surface area contributed by atoms with E-state index in [4.69, 9.17) is 5.10 Å². The maximum Gasteiger partial charge on any atom is 0.178 e. The lowest BCUT2D eigenvalue weighted by atomic mass is 9.96. The second kappa shape index (κ2) is 6.37. The van der Waals surface area contributed by atoms with Crippen molar-refractivity contribution in [3.05, 3.63) is 35.7 Å². The van der Waals surface area contributed by atoms with Gasteiger partial charge in [0.05, 0.1) is 10.2 Å². The molecule has 0 amide bonds. The minimum absolute atomic E-state index is 0.108. The molecule has 4 aromatic heterocycles. The van der Waals surface area contributed by atoms with E-state index in [2.05, 4.69) is 56.1 Å². The van der Waals surface area contributed by atoms with Crippen LogP contribution in [0.5, 0.6) is 0 Å². The molecule has 4 aromatic rings. The van der Waals surface area contributed by atoms with Crippen LogP contribution in [-0.2, 0) is 5.41 Å². The molecule has 1 fully saturated rings. The Morgan fingerprint density at radius 1 is 0.929 bits per heavy atom. The summed E-state index contributed by atoms with van der Waals surface area (Å²) >= 11 is 1.70. The first-order valence-electron chi connectivity index (χ1n) is 9.42. The summed E-state index contributed by atoms with van der Waals surface area (Å²) in [7, 11) is 0. The quantitative estimate of drug-likeness (QED) is 0.517. The summed E-state index contributed by atoms with van der Waals surface area (Å²) in [5, 5.41) is 15.5. The average Bonchev–Trinajstić information content (AvgIpc) is 3.34. The molecule has 0 radical (unpaired) electrons. The van der Waals surface area contributed by atoms with Crippen LogP contribution in [0.1, 0.15) is 26.6 Å². The van der Waals surface area contributed by atoms with Crippen LogP contribution in [0.4, 0.5) is 11.6 Å². The highest BCUT2D eigenvalue weighted by Crippen LogP contribution is 2.29. The molecule has 0 bridgehead atoms. The van der Waals surface area contributed by atoms with Crippen LogP contribution in [-0.4, -0.2) is 56.0 Å². The molecule has 0 saturated carbocycles. The van der Waals surface area contributed by atoms with Gasteiger partial charge >= 0.3 is 0 Å². The summed E-state index contributed by atoms with van der Waals surface area (Å²) in [5.74, 6) is 2.88. The van der Waals surface area contributed by atoms with Gasteiger partial charge in [0.1, 0.15) is 18.0 Å². The van der Waals surface area contributed by atoms with Crippen LogP contribution in [0.3, 0.4) is 0 Å². The standard InChI is InChI=1S/C19H22N8S/c1-19(2,3)18-23-22-14-4-5-15(24-27(14)18)25-7-9-26(10-8-25)17-16-13(6-11-28-16)20-12-21-17/h4-6,11-12H,7-10H2,1-3H3. The summed E-state index contributed by atoms with van der Waals surface area (Å²) in [6.45, 7) is 9.97. The molecule has 1 aliphatic heterocycles. The molecule has 0 unspecified atom stereocenters. The number of hydrogen-bond acceptors (Lipinski definition) is 8. The molecule has 5 heterocycles. The number of piperazine rings is 1. The van der Waals surface area contributed by atoms with E-state index in [-0.39, 0.29) is 5.41 Å². The normalized spacial score (nSPS) is 15.7. The van der Waals surface area contributed by atoms with Gasteiger partial charge in [0.15, 0.2) is 11.5 Å². The van der Waals surface area contributed by atoms with Crippen molar-refractivity contribution in [3.63, 3.8) is 0 Å². The SMILES string of the molecule is CC(C)(C)c1nnc2ccc(N3CCN(c4ncnc5ccsc45)CC3)nn12. The van der Waals surface area contributed by atoms with E-state index >= 15 is 0 Å². The van der Waals surface area contributed by atoms with Gasteiger partial charge < -0.3 is 9.80 Å². The fraction of sp³-hybridized carbons (Fsp3) is 0.421. The first kappa shape index (κ1) is 17.3. The van der Waals surface area contributed by atoms with E-state index in [0.717, 1.165) is 59.5 Å². The van der Waals surface area contributed by atoms with Gasteiger partial charge in [-0.3, -0.25) is 0 Å². The molecule has 0 N–H and O–H groups in total. The van der Waals surface area contributed by atoms with E-state index in [9.17, 15) is 0 Å². The lowest BCUT2D eigenvalue weighted by Gasteiger charge is -2.36. The second-order valence-electron chi connectivity index (χ2n) is 8.04. The predicted octanol–water partition coefficient (Wildman–Crippen LogP) is 2.75. The maximum absolute atomic E-state index is 4.84. The van der Waals surface area contributed by atoms with Crippen LogP contribution in [0.25, 0.3) is 15.9 Å². The summed E-state index contributed by atoms with van der Waals surface area (Å²) in [6.07, 6.45) is 1.66. The molecule has 1 saturated heterocycles. The van der Waals surface area contributed by atoms with Crippen molar-refractivity contribution in [2.75, 3.05) is 36.0 Å². The summed E-state index contributed by atoms with van der Waals surface area (Å²) < 4.78 is 3.04. The average molecular weight is 395 g/mol. The minimum atomic E-state index is -0.108. The molecular weight excluding hydrogens is 372 g/mol. The summed E-state index contributed by atoms with van der Waals surface area (Å²) in [4.78, 5) is 13.5. The Labute approximate surface area is 166 Å². The van der Waals surface area contributed by atoms with E-state index in [0.29, 0.717) is 0 Å². The van der Waals surface area contributed by atoms with Crippen molar-refractivity contribution >= 4 is 38.8 Å². The molecule has 0 spiro atoms. The lowest BCUT2D eigenvalue weighted by Crippen LogP contribution is -2.47. The molecule has 1 aliphatic rings. The van der Waals surface area contributed by atoms with Crippen LogP contribution in [0.15, 0.2) is 29.9 Å². The van der Waals surface area contributed by atoms with E-state index in [1.807, 2.05) is 22.7 Å². The Balaban J connectivity index is 1.39. The molecule has 0 atom stereocenters. The maximum atomic E-state index is 4.84. The Morgan fingerprint density at radius 3 is 2.50 bits per heavy atom. The Bertz CT molecular complexity index is 1130. The highest BCUT2D eigenvalue weighted by molar-refractivity contribution is 7.17.